The van der Waals surface area contributed by atoms with E-state index in [1.807, 2.05) is 24.3 Å². The standard InChI is InChI=1S/C14H15BrN2O/c15-12-5-3-4-11(8-12)9-14(18)17-7-2-1-6-13(17)10-16/h3-5,8,13H,1-2,6-7,9H2. The number of likely N-dealkylation sites (tertiary alicyclic amines) is 1. The molecule has 1 aromatic carbocycles. The molecule has 0 bridgehead atoms. The number of hydrogen-bond donors (Lipinski definition) is 0. The van der Waals surface area contributed by atoms with Gasteiger partial charge in [0.25, 0.3) is 0 Å². The van der Waals surface area contributed by atoms with Crippen LogP contribution in [-0.2, 0) is 11.2 Å². The average Bonchev–Trinajstić information content (AvgIpc) is 2.38. The van der Waals surface area contributed by atoms with Crippen LogP contribution in [0.2, 0.25) is 0 Å². The maximum Gasteiger partial charge on any atom is 0.228 e. The van der Waals surface area contributed by atoms with Crippen molar-refractivity contribution in [2.24, 2.45) is 0 Å². The molecule has 0 aromatic heterocycles. The third-order valence-corrected chi connectivity index (χ3v) is 3.71. The zero-order chi connectivity index (χ0) is 13.0. The molecule has 0 radical (unpaired) electrons. The van der Waals surface area contributed by atoms with Gasteiger partial charge in [-0.2, -0.15) is 5.26 Å². The first kappa shape index (κ1) is 13.1. The summed E-state index contributed by atoms with van der Waals surface area (Å²) < 4.78 is 0.975. The Hall–Kier alpha value is -1.34. The lowest BCUT2D eigenvalue weighted by Gasteiger charge is -2.31. The molecule has 1 saturated heterocycles. The van der Waals surface area contributed by atoms with Crippen LogP contribution in [0.15, 0.2) is 28.7 Å². The van der Waals surface area contributed by atoms with Gasteiger partial charge in [-0.1, -0.05) is 28.1 Å². The molecule has 1 aromatic rings. The van der Waals surface area contributed by atoms with Gasteiger partial charge in [0, 0.05) is 11.0 Å². The number of benzene rings is 1. The van der Waals surface area contributed by atoms with E-state index in [2.05, 4.69) is 22.0 Å². The molecule has 1 unspecified atom stereocenters. The summed E-state index contributed by atoms with van der Waals surface area (Å²) in [5.41, 5.74) is 0.983. The van der Waals surface area contributed by atoms with E-state index < -0.39 is 0 Å². The van der Waals surface area contributed by atoms with Gasteiger partial charge in [-0.05, 0) is 37.0 Å². The van der Waals surface area contributed by atoms with Gasteiger partial charge in [0.2, 0.25) is 5.91 Å². The molecule has 1 fully saturated rings. The number of amides is 1. The Kier molecular flexibility index (Phi) is 4.38. The van der Waals surface area contributed by atoms with E-state index in [4.69, 9.17) is 5.26 Å². The monoisotopic (exact) mass is 306 g/mol. The highest BCUT2D eigenvalue weighted by atomic mass is 79.9. The van der Waals surface area contributed by atoms with Crippen molar-refractivity contribution in [1.82, 2.24) is 4.90 Å². The zero-order valence-corrected chi connectivity index (χ0v) is 11.7. The maximum absolute atomic E-state index is 12.2. The second kappa shape index (κ2) is 6.01. The Morgan fingerprint density at radius 1 is 1.50 bits per heavy atom. The van der Waals surface area contributed by atoms with Gasteiger partial charge in [0.1, 0.15) is 6.04 Å². The van der Waals surface area contributed by atoms with Crippen LogP contribution in [0.25, 0.3) is 0 Å². The highest BCUT2D eigenvalue weighted by Gasteiger charge is 2.26. The fraction of sp³-hybridized carbons (Fsp3) is 0.429. The molecule has 18 heavy (non-hydrogen) atoms. The first-order valence-electron chi connectivity index (χ1n) is 6.14. The Morgan fingerprint density at radius 3 is 3.06 bits per heavy atom. The van der Waals surface area contributed by atoms with Gasteiger partial charge in [0.05, 0.1) is 12.5 Å². The van der Waals surface area contributed by atoms with Crippen molar-refractivity contribution in [2.75, 3.05) is 6.54 Å². The van der Waals surface area contributed by atoms with Gasteiger partial charge in [-0.3, -0.25) is 4.79 Å². The third-order valence-electron chi connectivity index (χ3n) is 3.22. The minimum atomic E-state index is -0.238. The molecule has 0 spiro atoms. The molecule has 1 heterocycles. The number of hydrogen-bond acceptors (Lipinski definition) is 2. The SMILES string of the molecule is N#CC1CCCCN1C(=O)Cc1cccc(Br)c1. The lowest BCUT2D eigenvalue weighted by Crippen LogP contribution is -2.43. The van der Waals surface area contributed by atoms with Crippen molar-refractivity contribution in [3.63, 3.8) is 0 Å². The van der Waals surface area contributed by atoms with E-state index in [0.717, 1.165) is 29.3 Å². The molecule has 0 saturated carbocycles. The highest BCUT2D eigenvalue weighted by Crippen LogP contribution is 2.19. The molecule has 1 atom stereocenters. The first-order chi connectivity index (χ1) is 8.70. The van der Waals surface area contributed by atoms with Crippen molar-refractivity contribution in [3.05, 3.63) is 34.3 Å². The van der Waals surface area contributed by atoms with Gasteiger partial charge in [-0.25, -0.2) is 0 Å². The van der Waals surface area contributed by atoms with Crippen molar-refractivity contribution < 1.29 is 4.79 Å². The van der Waals surface area contributed by atoms with E-state index >= 15 is 0 Å². The smallest absolute Gasteiger partial charge is 0.228 e. The summed E-state index contributed by atoms with van der Waals surface area (Å²) in [6, 6.07) is 9.74. The highest BCUT2D eigenvalue weighted by molar-refractivity contribution is 9.10. The number of piperidine rings is 1. The van der Waals surface area contributed by atoms with Gasteiger partial charge >= 0.3 is 0 Å². The summed E-state index contributed by atoms with van der Waals surface area (Å²) in [6.07, 6.45) is 3.22. The molecule has 1 aliphatic heterocycles. The lowest BCUT2D eigenvalue weighted by atomic mass is 10.0. The van der Waals surface area contributed by atoms with Crippen LogP contribution < -0.4 is 0 Å². The van der Waals surface area contributed by atoms with Crippen molar-refractivity contribution in [1.29, 1.82) is 5.26 Å². The molecular formula is C14H15BrN2O. The molecular weight excluding hydrogens is 292 g/mol. The molecule has 0 aliphatic carbocycles. The topological polar surface area (TPSA) is 44.1 Å². The van der Waals surface area contributed by atoms with Crippen LogP contribution in [0.4, 0.5) is 0 Å². The Labute approximate surface area is 116 Å². The van der Waals surface area contributed by atoms with Crippen molar-refractivity contribution in [3.8, 4) is 6.07 Å². The minimum absolute atomic E-state index is 0.0550. The average molecular weight is 307 g/mol. The van der Waals surface area contributed by atoms with E-state index in [9.17, 15) is 4.79 Å². The molecule has 1 amide bonds. The van der Waals surface area contributed by atoms with E-state index in [1.54, 1.807) is 4.90 Å². The predicted molar refractivity (Wildman–Crippen MR) is 72.8 cm³/mol. The summed E-state index contributed by atoms with van der Waals surface area (Å²) in [6.45, 7) is 0.713. The summed E-state index contributed by atoms with van der Waals surface area (Å²) >= 11 is 3.40. The summed E-state index contributed by atoms with van der Waals surface area (Å²) in [7, 11) is 0. The Bertz CT molecular complexity index is 481. The number of carbonyl (C=O) groups is 1. The summed E-state index contributed by atoms with van der Waals surface area (Å²) in [5, 5.41) is 9.07. The number of halogens is 1. The first-order valence-corrected chi connectivity index (χ1v) is 6.93. The number of nitrogens with zero attached hydrogens (tertiary/aromatic N) is 2. The predicted octanol–water partition coefficient (Wildman–Crippen LogP) is 2.90. The molecule has 3 nitrogen and oxygen atoms in total. The largest absolute Gasteiger partial charge is 0.326 e. The summed E-state index contributed by atoms with van der Waals surface area (Å²) in [4.78, 5) is 13.9. The van der Waals surface area contributed by atoms with E-state index in [-0.39, 0.29) is 11.9 Å². The van der Waals surface area contributed by atoms with Crippen LogP contribution >= 0.6 is 15.9 Å². The normalized spacial score (nSPS) is 19.3. The van der Waals surface area contributed by atoms with Crippen LogP contribution in [0.3, 0.4) is 0 Å². The molecule has 94 valence electrons. The number of nitriles is 1. The maximum atomic E-state index is 12.2. The van der Waals surface area contributed by atoms with Crippen molar-refractivity contribution >= 4 is 21.8 Å². The van der Waals surface area contributed by atoms with Crippen molar-refractivity contribution in [2.45, 2.75) is 31.7 Å². The third kappa shape index (κ3) is 3.11. The zero-order valence-electron chi connectivity index (χ0n) is 10.1. The second-order valence-corrected chi connectivity index (χ2v) is 5.45. The van der Waals surface area contributed by atoms with Crippen LogP contribution in [-0.4, -0.2) is 23.4 Å². The van der Waals surface area contributed by atoms with Crippen LogP contribution in [0, 0.1) is 11.3 Å². The molecule has 0 N–H and O–H groups in total. The van der Waals surface area contributed by atoms with Gasteiger partial charge in [0.15, 0.2) is 0 Å². The molecule has 2 rings (SSSR count). The Morgan fingerprint density at radius 2 is 2.33 bits per heavy atom. The van der Waals surface area contributed by atoms with Gasteiger partial charge < -0.3 is 4.90 Å². The van der Waals surface area contributed by atoms with E-state index in [0.29, 0.717) is 13.0 Å². The second-order valence-electron chi connectivity index (χ2n) is 4.53. The number of rotatable bonds is 2. The number of carbonyl (C=O) groups excluding carboxylic acids is 1. The molecule has 1 aliphatic rings. The quantitative estimate of drug-likeness (QED) is 0.843. The van der Waals surface area contributed by atoms with E-state index in [1.165, 1.54) is 0 Å². The molecule has 4 heteroatoms. The minimum Gasteiger partial charge on any atom is -0.326 e. The van der Waals surface area contributed by atoms with Gasteiger partial charge in [-0.15, -0.1) is 0 Å². The fourth-order valence-corrected chi connectivity index (χ4v) is 2.73. The van der Waals surface area contributed by atoms with Crippen LogP contribution in [0.1, 0.15) is 24.8 Å². The fourth-order valence-electron chi connectivity index (χ4n) is 2.29. The van der Waals surface area contributed by atoms with Crippen LogP contribution in [0.5, 0.6) is 0 Å². The lowest BCUT2D eigenvalue weighted by molar-refractivity contribution is -0.132. The Balaban J connectivity index is 2.05. The summed E-state index contributed by atoms with van der Waals surface area (Å²) in [5.74, 6) is 0.0550.